The van der Waals surface area contributed by atoms with Gasteiger partial charge in [-0.2, -0.15) is 0 Å². The van der Waals surface area contributed by atoms with E-state index < -0.39 is 6.67 Å². The Labute approximate surface area is 116 Å². The number of fused-ring (bicyclic) bond motifs is 1. The summed E-state index contributed by atoms with van der Waals surface area (Å²) in [5.74, 6) is 0. The summed E-state index contributed by atoms with van der Waals surface area (Å²) < 4.78 is 13.3. The van der Waals surface area contributed by atoms with Crippen molar-refractivity contribution in [2.45, 2.75) is 19.5 Å². The maximum absolute atomic E-state index is 13.3. The van der Waals surface area contributed by atoms with E-state index in [1.54, 1.807) is 12.4 Å². The van der Waals surface area contributed by atoms with Crippen LogP contribution in [0.1, 0.15) is 17.5 Å². The van der Waals surface area contributed by atoms with Crippen LogP contribution in [0.15, 0.2) is 36.7 Å². The first kappa shape index (κ1) is 12.2. The number of nitrogens with one attached hydrogen (secondary N) is 1. The highest BCUT2D eigenvalue weighted by atomic mass is 32.1. The third-order valence-electron chi connectivity index (χ3n) is 3.34. The van der Waals surface area contributed by atoms with Gasteiger partial charge in [0.25, 0.3) is 0 Å². The maximum Gasteiger partial charge on any atom is 0.115 e. The van der Waals surface area contributed by atoms with Crippen LogP contribution in [0.3, 0.4) is 0 Å². The second-order valence-electron chi connectivity index (χ2n) is 4.59. The van der Waals surface area contributed by atoms with E-state index in [0.717, 1.165) is 34.6 Å². The fraction of sp³-hybridized carbons (Fsp3) is 0.200. The van der Waals surface area contributed by atoms with Crippen molar-refractivity contribution in [3.05, 3.63) is 47.8 Å². The zero-order chi connectivity index (χ0) is 13.2. The van der Waals surface area contributed by atoms with E-state index in [9.17, 15) is 4.39 Å². The number of alkyl halides is 1. The van der Waals surface area contributed by atoms with Gasteiger partial charge in [-0.15, -0.1) is 0 Å². The van der Waals surface area contributed by atoms with Gasteiger partial charge in [0.05, 0.1) is 4.99 Å². The van der Waals surface area contributed by atoms with Gasteiger partial charge in [0.2, 0.25) is 0 Å². The first-order chi connectivity index (χ1) is 9.28. The molecule has 1 aliphatic rings. The van der Waals surface area contributed by atoms with E-state index in [0.29, 0.717) is 5.56 Å². The van der Waals surface area contributed by atoms with Crippen LogP contribution in [0.5, 0.6) is 0 Å². The van der Waals surface area contributed by atoms with Crippen molar-refractivity contribution in [1.82, 2.24) is 4.98 Å². The van der Waals surface area contributed by atoms with Crippen LogP contribution in [-0.2, 0) is 13.1 Å². The molecular weight excluding hydrogens is 259 g/mol. The number of aryl methyl sites for hydroxylation is 1. The summed E-state index contributed by atoms with van der Waals surface area (Å²) in [5.41, 5.74) is 4.67. The van der Waals surface area contributed by atoms with Gasteiger partial charge in [-0.25, -0.2) is 4.39 Å². The minimum Gasteiger partial charge on any atom is -0.350 e. The molecule has 0 amide bonds. The lowest BCUT2D eigenvalue weighted by Gasteiger charge is -2.21. The third kappa shape index (κ3) is 2.36. The highest BCUT2D eigenvalue weighted by Crippen LogP contribution is 2.32. The van der Waals surface area contributed by atoms with Gasteiger partial charge in [-0.1, -0.05) is 18.3 Å². The summed E-state index contributed by atoms with van der Waals surface area (Å²) in [4.78, 5) is 4.93. The number of pyridine rings is 1. The molecule has 1 aromatic heterocycles. The lowest BCUT2D eigenvalue weighted by atomic mass is 9.94. The Hall–Kier alpha value is -1.81. The van der Waals surface area contributed by atoms with Crippen LogP contribution in [-0.4, -0.2) is 9.97 Å². The van der Waals surface area contributed by atoms with E-state index in [1.165, 1.54) is 5.56 Å². The van der Waals surface area contributed by atoms with Crippen molar-refractivity contribution in [3.8, 4) is 11.1 Å². The summed E-state index contributed by atoms with van der Waals surface area (Å²) in [7, 11) is 0. The van der Waals surface area contributed by atoms with E-state index in [2.05, 4.69) is 16.4 Å². The maximum atomic E-state index is 13.3. The monoisotopic (exact) mass is 272 g/mol. The van der Waals surface area contributed by atoms with Gasteiger partial charge in [0.1, 0.15) is 6.67 Å². The first-order valence-electron chi connectivity index (χ1n) is 6.20. The molecule has 0 saturated carbocycles. The number of nitrogens with zero attached hydrogens (tertiary/aromatic N) is 1. The average molecular weight is 272 g/mol. The van der Waals surface area contributed by atoms with Crippen LogP contribution in [0.2, 0.25) is 0 Å². The van der Waals surface area contributed by atoms with E-state index >= 15 is 0 Å². The molecule has 4 heteroatoms. The normalized spacial score (nSPS) is 13.8. The summed E-state index contributed by atoms with van der Waals surface area (Å²) in [5, 5.41) is 3.16. The zero-order valence-corrected chi connectivity index (χ0v) is 11.1. The van der Waals surface area contributed by atoms with Crippen LogP contribution >= 0.6 is 12.2 Å². The van der Waals surface area contributed by atoms with E-state index in [-0.39, 0.29) is 0 Å². The van der Waals surface area contributed by atoms with Gasteiger partial charge in [0.15, 0.2) is 0 Å². The Bertz CT molecular complexity index is 626. The van der Waals surface area contributed by atoms with Crippen molar-refractivity contribution in [3.63, 3.8) is 0 Å². The fourth-order valence-corrected chi connectivity index (χ4v) is 2.59. The van der Waals surface area contributed by atoms with E-state index in [1.807, 2.05) is 18.2 Å². The van der Waals surface area contributed by atoms with Crippen molar-refractivity contribution >= 4 is 22.9 Å². The quantitative estimate of drug-likeness (QED) is 0.839. The molecule has 0 bridgehead atoms. The number of benzene rings is 1. The zero-order valence-electron chi connectivity index (χ0n) is 10.3. The van der Waals surface area contributed by atoms with Crippen molar-refractivity contribution in [2.24, 2.45) is 0 Å². The predicted molar refractivity (Wildman–Crippen MR) is 79.0 cm³/mol. The molecule has 0 atom stereocenters. The number of hydrogen-bond donors (Lipinski definition) is 1. The van der Waals surface area contributed by atoms with Crippen LogP contribution in [0, 0.1) is 0 Å². The lowest BCUT2D eigenvalue weighted by Crippen LogP contribution is -2.17. The smallest absolute Gasteiger partial charge is 0.115 e. The Kier molecular flexibility index (Phi) is 3.25. The molecule has 0 saturated heterocycles. The minimum absolute atomic E-state index is 0.494. The number of thiocarbonyl (C=S) groups is 1. The molecule has 0 fully saturated rings. The molecule has 1 aliphatic heterocycles. The molecule has 0 radical (unpaired) electrons. The van der Waals surface area contributed by atoms with Gasteiger partial charge in [0, 0.05) is 30.1 Å². The molecule has 0 aliphatic carbocycles. The second kappa shape index (κ2) is 5.05. The highest BCUT2D eigenvalue weighted by molar-refractivity contribution is 7.80. The molecule has 1 N–H and O–H groups in total. The largest absolute Gasteiger partial charge is 0.350 e. The van der Waals surface area contributed by atoms with Crippen LogP contribution in [0.4, 0.5) is 10.1 Å². The summed E-state index contributed by atoms with van der Waals surface area (Å²) in [6.07, 6.45) is 5.24. The Balaban J connectivity index is 2.13. The third-order valence-corrected chi connectivity index (χ3v) is 3.65. The van der Waals surface area contributed by atoms with Gasteiger partial charge in [-0.05, 0) is 41.3 Å². The Morgan fingerprint density at radius 3 is 2.95 bits per heavy atom. The van der Waals surface area contributed by atoms with Crippen LogP contribution in [0.25, 0.3) is 11.1 Å². The minimum atomic E-state index is -0.494. The Morgan fingerprint density at radius 1 is 1.32 bits per heavy atom. The molecule has 96 valence electrons. The second-order valence-corrected chi connectivity index (χ2v) is 5.08. The molecule has 0 spiro atoms. The van der Waals surface area contributed by atoms with Gasteiger partial charge >= 0.3 is 0 Å². The van der Waals surface area contributed by atoms with Crippen molar-refractivity contribution < 1.29 is 4.39 Å². The van der Waals surface area contributed by atoms with Gasteiger partial charge in [-0.3, -0.25) is 4.98 Å². The number of hydrogen-bond acceptors (Lipinski definition) is 2. The van der Waals surface area contributed by atoms with Gasteiger partial charge < -0.3 is 5.32 Å². The Morgan fingerprint density at radius 2 is 2.21 bits per heavy atom. The molecule has 3 rings (SSSR count). The number of anilines is 1. The van der Waals surface area contributed by atoms with Crippen molar-refractivity contribution in [1.29, 1.82) is 0 Å². The molecular formula is C15H13FN2S. The first-order valence-corrected chi connectivity index (χ1v) is 6.61. The number of rotatable bonds is 2. The standard InChI is InChI=1S/C15H13FN2S/c16-8-12-7-14-10(3-4-15(19)18-14)6-13(12)11-2-1-5-17-9-11/h1-2,5-7,9H,3-4,8H2,(H,18,19). The summed E-state index contributed by atoms with van der Waals surface area (Å²) in [6.45, 7) is -0.494. The summed E-state index contributed by atoms with van der Waals surface area (Å²) in [6, 6.07) is 7.73. The topological polar surface area (TPSA) is 24.9 Å². The SMILES string of the molecule is FCc1cc2c(cc1-c1cccnc1)CCC(=S)N2. The number of halogens is 1. The van der Waals surface area contributed by atoms with E-state index in [4.69, 9.17) is 12.2 Å². The number of aromatic nitrogens is 1. The predicted octanol–water partition coefficient (Wildman–Crippen LogP) is 3.90. The van der Waals surface area contributed by atoms with Crippen LogP contribution < -0.4 is 5.32 Å². The van der Waals surface area contributed by atoms with Crippen molar-refractivity contribution in [2.75, 3.05) is 5.32 Å². The molecule has 2 aromatic rings. The highest BCUT2D eigenvalue weighted by Gasteiger charge is 2.16. The summed E-state index contributed by atoms with van der Waals surface area (Å²) >= 11 is 5.17. The fourth-order valence-electron chi connectivity index (χ4n) is 2.37. The average Bonchev–Trinajstić information content (AvgIpc) is 2.46. The molecule has 2 heterocycles. The molecule has 19 heavy (non-hydrogen) atoms. The molecule has 2 nitrogen and oxygen atoms in total. The lowest BCUT2D eigenvalue weighted by molar-refractivity contribution is 0.486. The molecule has 1 aromatic carbocycles. The molecule has 0 unspecified atom stereocenters.